The van der Waals surface area contributed by atoms with Crippen LogP contribution in [-0.2, 0) is 14.4 Å². The van der Waals surface area contributed by atoms with Gasteiger partial charge in [0, 0.05) is 19.5 Å². The van der Waals surface area contributed by atoms with Crippen LogP contribution >= 0.6 is 0 Å². The van der Waals surface area contributed by atoms with Gasteiger partial charge in [-0.1, -0.05) is 161 Å². The van der Waals surface area contributed by atoms with Crippen molar-refractivity contribution < 1.29 is 14.4 Å². The zero-order valence-electron chi connectivity index (χ0n) is 34.5. The van der Waals surface area contributed by atoms with Gasteiger partial charge in [0.25, 0.3) is 0 Å². The Kier molecular flexibility index (Phi) is 35.1. The maximum absolute atomic E-state index is 13.6. The number of carbonyl (C=O) groups excluding carboxylic acids is 3. The van der Waals surface area contributed by atoms with E-state index in [1.54, 1.807) is 0 Å². The first-order valence-corrected chi connectivity index (χ1v) is 22.0. The number of guanidine groups is 1. The summed E-state index contributed by atoms with van der Waals surface area (Å²) in [4.78, 5) is 45.1. The van der Waals surface area contributed by atoms with E-state index in [9.17, 15) is 14.4 Å². The first kappa shape index (κ1) is 50.7. The molecule has 0 rings (SSSR count). The predicted molar refractivity (Wildman–Crippen MR) is 225 cm³/mol. The van der Waals surface area contributed by atoms with E-state index in [2.05, 4.69) is 31.0 Å². The van der Waals surface area contributed by atoms with E-state index in [0.717, 1.165) is 57.8 Å². The Morgan fingerprint density at radius 2 is 0.962 bits per heavy atom. The average molecular weight is 748 g/mol. The lowest BCUT2D eigenvalue weighted by molar-refractivity contribution is -0.147. The summed E-state index contributed by atoms with van der Waals surface area (Å²) in [6.07, 6.45) is 38.1. The van der Waals surface area contributed by atoms with E-state index in [1.807, 2.05) is 0 Å². The largest absolute Gasteiger partial charge is 0.370 e. The van der Waals surface area contributed by atoms with Gasteiger partial charge in [0.05, 0.1) is 12.1 Å². The number of aliphatic imine (C=N–C) groups is 1. The molecule has 0 saturated carbocycles. The van der Waals surface area contributed by atoms with Gasteiger partial charge in [0.1, 0.15) is 6.04 Å². The van der Waals surface area contributed by atoms with Gasteiger partial charge in [-0.3, -0.25) is 24.3 Å². The van der Waals surface area contributed by atoms with Gasteiger partial charge in [-0.15, -0.1) is 0 Å². The van der Waals surface area contributed by atoms with Crippen molar-refractivity contribution in [1.29, 1.82) is 0 Å². The number of unbranched alkanes of at least 4 members (excludes halogenated alkanes) is 24. The second-order valence-corrected chi connectivity index (χ2v) is 15.3. The number of imide groups is 1. The summed E-state index contributed by atoms with van der Waals surface area (Å²) in [6.45, 7) is 5.13. The van der Waals surface area contributed by atoms with Gasteiger partial charge >= 0.3 is 0 Å². The van der Waals surface area contributed by atoms with Crippen molar-refractivity contribution in [3.63, 3.8) is 0 Å². The number of Topliss-reactive ketones (excluding diaryl/α,β-unsaturated/α-hetero) is 1. The predicted octanol–water partition coefficient (Wildman–Crippen LogP) is 8.47. The molecule has 3 atom stereocenters. The van der Waals surface area contributed by atoms with Crippen LogP contribution in [0.15, 0.2) is 17.1 Å². The monoisotopic (exact) mass is 748 g/mol. The number of rotatable bonds is 38. The highest BCUT2D eigenvalue weighted by Crippen LogP contribution is 2.15. The van der Waals surface area contributed by atoms with Gasteiger partial charge in [0.15, 0.2) is 11.7 Å². The Bertz CT molecular complexity index is 954. The van der Waals surface area contributed by atoms with Crippen molar-refractivity contribution >= 4 is 23.6 Å². The molecular weight excluding hydrogens is 663 g/mol. The quantitative estimate of drug-likeness (QED) is 0.0179. The topological polar surface area (TPSA) is 197 Å². The SMILES string of the molecule is CCCCCCCC/C=C\CCCCCCCC(=O)N(CCCCCCCCCCCCCCCC)C(=O)C(N)C(N)C(=O)[C@H](N)CCCN=C(N)N. The lowest BCUT2D eigenvalue weighted by Crippen LogP contribution is -2.60. The molecule has 0 aliphatic rings. The Morgan fingerprint density at radius 3 is 1.42 bits per heavy atom. The molecule has 0 aromatic carbocycles. The minimum atomic E-state index is -1.34. The summed E-state index contributed by atoms with van der Waals surface area (Å²) in [5.74, 6) is -1.36. The molecule has 10 heteroatoms. The summed E-state index contributed by atoms with van der Waals surface area (Å²) in [5, 5.41) is 0. The molecule has 0 fully saturated rings. The lowest BCUT2D eigenvalue weighted by atomic mass is 9.96. The number of nitrogens with two attached hydrogens (primary N) is 5. The summed E-state index contributed by atoms with van der Waals surface area (Å²) in [5.41, 5.74) is 29.2. The van der Waals surface area contributed by atoms with Crippen molar-refractivity contribution in [3.05, 3.63) is 12.2 Å². The smallest absolute Gasteiger partial charge is 0.248 e. The maximum Gasteiger partial charge on any atom is 0.248 e. The first-order valence-electron chi connectivity index (χ1n) is 22.0. The lowest BCUT2D eigenvalue weighted by Gasteiger charge is -2.27. The fraction of sp³-hybridized carbons (Fsp3) is 0.860. The Labute approximate surface area is 325 Å². The summed E-state index contributed by atoms with van der Waals surface area (Å²) >= 11 is 0. The van der Waals surface area contributed by atoms with Crippen LogP contribution in [0.5, 0.6) is 0 Å². The van der Waals surface area contributed by atoms with Crippen molar-refractivity contribution in [2.24, 2.45) is 33.7 Å². The van der Waals surface area contributed by atoms with Crippen molar-refractivity contribution in [3.8, 4) is 0 Å². The van der Waals surface area contributed by atoms with Crippen LogP contribution in [0.2, 0.25) is 0 Å². The summed E-state index contributed by atoms with van der Waals surface area (Å²) in [7, 11) is 0. The number of amides is 2. The van der Waals surface area contributed by atoms with E-state index in [4.69, 9.17) is 28.7 Å². The molecule has 0 heterocycles. The zero-order chi connectivity index (χ0) is 39.4. The molecule has 53 heavy (non-hydrogen) atoms. The Balaban J connectivity index is 4.73. The fourth-order valence-corrected chi connectivity index (χ4v) is 6.72. The molecule has 0 aromatic heterocycles. The number of carbonyl (C=O) groups is 3. The Hall–Kier alpha value is -2.30. The van der Waals surface area contributed by atoms with E-state index in [1.165, 1.54) is 114 Å². The number of hydrogen-bond donors (Lipinski definition) is 5. The minimum absolute atomic E-state index is 0.0282. The van der Waals surface area contributed by atoms with Crippen LogP contribution in [0.3, 0.4) is 0 Å². The first-order chi connectivity index (χ1) is 25.7. The third-order valence-electron chi connectivity index (χ3n) is 10.3. The molecule has 0 radical (unpaired) electrons. The molecular formula is C43H85N7O3. The van der Waals surface area contributed by atoms with Crippen LogP contribution in [0.4, 0.5) is 0 Å². The second kappa shape index (κ2) is 36.7. The van der Waals surface area contributed by atoms with Crippen LogP contribution in [0.1, 0.15) is 206 Å². The number of hydrogen-bond acceptors (Lipinski definition) is 7. The average Bonchev–Trinajstić information content (AvgIpc) is 3.15. The molecule has 0 saturated heterocycles. The zero-order valence-corrected chi connectivity index (χ0v) is 34.5. The minimum Gasteiger partial charge on any atom is -0.370 e. The van der Waals surface area contributed by atoms with Crippen LogP contribution < -0.4 is 28.7 Å². The molecule has 0 aromatic rings. The van der Waals surface area contributed by atoms with E-state index < -0.39 is 29.8 Å². The van der Waals surface area contributed by atoms with Crippen molar-refractivity contribution in [2.45, 2.75) is 225 Å². The fourth-order valence-electron chi connectivity index (χ4n) is 6.72. The Morgan fingerprint density at radius 1 is 0.547 bits per heavy atom. The van der Waals surface area contributed by atoms with E-state index in [-0.39, 0.29) is 18.3 Å². The second-order valence-electron chi connectivity index (χ2n) is 15.3. The van der Waals surface area contributed by atoms with E-state index >= 15 is 0 Å². The van der Waals surface area contributed by atoms with Gasteiger partial charge < -0.3 is 28.7 Å². The molecule has 310 valence electrons. The molecule has 2 amide bonds. The molecule has 10 N–H and O–H groups in total. The molecule has 0 bridgehead atoms. The van der Waals surface area contributed by atoms with Gasteiger partial charge in [-0.05, 0) is 51.4 Å². The van der Waals surface area contributed by atoms with Crippen LogP contribution in [-0.4, -0.2) is 59.7 Å². The van der Waals surface area contributed by atoms with Gasteiger partial charge in [-0.2, -0.15) is 0 Å². The van der Waals surface area contributed by atoms with E-state index in [0.29, 0.717) is 32.4 Å². The standard InChI is InChI=1S/C43H85N7O3/c1-3-5-7-9-11-13-15-17-19-20-22-24-26-28-30-34-38(51)50(36-31-29-27-25-23-21-18-16-14-12-10-8-6-4-2)42(53)40(46)39(45)41(52)37(44)33-32-35-49-43(47)48/h17,19,37,39-40H,3-16,18,20-36,44-46H2,1-2H3,(H4,47,48,49)/b19-17-/t37-,39?,40?/m1/s1. The number of allylic oxidation sites excluding steroid dienone is 2. The normalized spacial score (nSPS) is 13.2. The molecule has 0 aliphatic carbocycles. The number of ketones is 1. The third-order valence-corrected chi connectivity index (χ3v) is 10.3. The van der Waals surface area contributed by atoms with Crippen molar-refractivity contribution in [1.82, 2.24) is 4.90 Å². The molecule has 0 spiro atoms. The van der Waals surface area contributed by atoms with Crippen molar-refractivity contribution in [2.75, 3.05) is 13.1 Å². The molecule has 10 nitrogen and oxygen atoms in total. The molecule has 2 unspecified atom stereocenters. The highest BCUT2D eigenvalue weighted by atomic mass is 16.2. The van der Waals surface area contributed by atoms with Gasteiger partial charge in [-0.25, -0.2) is 0 Å². The summed E-state index contributed by atoms with van der Waals surface area (Å²) < 4.78 is 0. The highest BCUT2D eigenvalue weighted by molar-refractivity contribution is 6.02. The van der Waals surface area contributed by atoms with Crippen LogP contribution in [0.25, 0.3) is 0 Å². The number of nitrogens with zero attached hydrogens (tertiary/aromatic N) is 2. The third kappa shape index (κ3) is 29.7. The summed E-state index contributed by atoms with van der Waals surface area (Å²) in [6, 6.07) is -3.54. The highest BCUT2D eigenvalue weighted by Gasteiger charge is 2.34. The van der Waals surface area contributed by atoms with Crippen LogP contribution in [0, 0.1) is 0 Å². The molecule has 0 aliphatic heterocycles. The maximum atomic E-state index is 13.6. The van der Waals surface area contributed by atoms with Gasteiger partial charge in [0.2, 0.25) is 11.8 Å².